The van der Waals surface area contributed by atoms with Crippen molar-refractivity contribution >= 4 is 10.0 Å². The summed E-state index contributed by atoms with van der Waals surface area (Å²) in [5.41, 5.74) is 2.63. The molecule has 0 spiro atoms. The Hall–Kier alpha value is -2.10. The second-order valence-corrected chi connectivity index (χ2v) is 7.93. The molecule has 6 heteroatoms. The number of hydrogen-bond donors (Lipinski definition) is 2. The summed E-state index contributed by atoms with van der Waals surface area (Å²) >= 11 is 0. The lowest BCUT2D eigenvalue weighted by Gasteiger charge is -2.22. The van der Waals surface area contributed by atoms with Gasteiger partial charge in [-0.2, -0.15) is 5.26 Å². The summed E-state index contributed by atoms with van der Waals surface area (Å²) in [6, 6.07) is 12.8. The fourth-order valence-corrected chi connectivity index (χ4v) is 4.42. The van der Waals surface area contributed by atoms with E-state index in [1.807, 2.05) is 12.1 Å². The summed E-state index contributed by atoms with van der Waals surface area (Å²) in [6.07, 6.45) is 5.53. The lowest BCUT2D eigenvalue weighted by atomic mass is 9.96. The first-order valence-corrected chi connectivity index (χ1v) is 9.74. The minimum absolute atomic E-state index is 0.0559. The van der Waals surface area contributed by atoms with Gasteiger partial charge in [-0.15, -0.1) is 0 Å². The van der Waals surface area contributed by atoms with Crippen LogP contribution < -0.4 is 4.72 Å². The molecule has 1 saturated carbocycles. The average Bonchev–Trinajstić information content (AvgIpc) is 3.05. The van der Waals surface area contributed by atoms with E-state index < -0.39 is 10.0 Å². The van der Waals surface area contributed by atoms with Crippen molar-refractivity contribution in [1.82, 2.24) is 9.71 Å². The number of H-pyrrole nitrogens is 1. The molecular formula is C18H21N3O2S. The van der Waals surface area contributed by atoms with Crippen LogP contribution in [0.5, 0.6) is 0 Å². The van der Waals surface area contributed by atoms with Crippen molar-refractivity contribution in [3.05, 3.63) is 42.1 Å². The van der Waals surface area contributed by atoms with Crippen molar-refractivity contribution < 1.29 is 8.42 Å². The predicted molar refractivity (Wildman–Crippen MR) is 92.7 cm³/mol. The van der Waals surface area contributed by atoms with Crippen LogP contribution in [0.4, 0.5) is 0 Å². The Labute approximate surface area is 142 Å². The summed E-state index contributed by atoms with van der Waals surface area (Å²) in [5, 5.41) is 8.72. The third kappa shape index (κ3) is 3.86. The molecular weight excluding hydrogens is 322 g/mol. The highest BCUT2D eigenvalue weighted by atomic mass is 32.2. The highest BCUT2D eigenvalue weighted by Gasteiger charge is 2.21. The molecule has 126 valence electrons. The molecule has 3 rings (SSSR count). The highest BCUT2D eigenvalue weighted by Crippen LogP contribution is 2.23. The van der Waals surface area contributed by atoms with E-state index in [1.165, 1.54) is 6.42 Å². The summed E-state index contributed by atoms with van der Waals surface area (Å²) in [7, 11) is -3.47. The van der Waals surface area contributed by atoms with Crippen LogP contribution in [0.1, 0.15) is 37.8 Å². The molecule has 1 aromatic heterocycles. The molecule has 0 amide bonds. The van der Waals surface area contributed by atoms with E-state index in [0.29, 0.717) is 11.3 Å². The van der Waals surface area contributed by atoms with Gasteiger partial charge in [0.2, 0.25) is 10.0 Å². The SMILES string of the molecule is N#CCc1ccc(-c2ccc(S(=O)(=O)NC3CCCCC3)cc2)[nH]1. The normalized spacial score (nSPS) is 16.0. The summed E-state index contributed by atoms with van der Waals surface area (Å²) < 4.78 is 27.8. The highest BCUT2D eigenvalue weighted by molar-refractivity contribution is 7.89. The van der Waals surface area contributed by atoms with Crippen LogP contribution in [-0.2, 0) is 16.4 Å². The first-order valence-electron chi connectivity index (χ1n) is 8.26. The molecule has 2 aromatic rings. The van der Waals surface area contributed by atoms with Crippen LogP contribution in [0, 0.1) is 11.3 Å². The van der Waals surface area contributed by atoms with Crippen molar-refractivity contribution in [2.24, 2.45) is 0 Å². The quantitative estimate of drug-likeness (QED) is 0.873. The maximum absolute atomic E-state index is 12.5. The van der Waals surface area contributed by atoms with Crippen molar-refractivity contribution in [3.8, 4) is 17.3 Å². The first kappa shape index (κ1) is 16.7. The van der Waals surface area contributed by atoms with Crippen molar-refractivity contribution in [3.63, 3.8) is 0 Å². The molecule has 5 nitrogen and oxygen atoms in total. The number of rotatable bonds is 5. The van der Waals surface area contributed by atoms with Crippen LogP contribution in [0.3, 0.4) is 0 Å². The molecule has 1 fully saturated rings. The number of aromatic amines is 1. The van der Waals surface area contributed by atoms with Crippen LogP contribution >= 0.6 is 0 Å². The fourth-order valence-electron chi connectivity index (χ4n) is 3.12. The lowest BCUT2D eigenvalue weighted by Crippen LogP contribution is -2.36. The number of nitrogens with zero attached hydrogens (tertiary/aromatic N) is 1. The van der Waals surface area contributed by atoms with Crippen LogP contribution in [0.25, 0.3) is 11.3 Å². The topological polar surface area (TPSA) is 85.8 Å². The molecule has 0 atom stereocenters. The molecule has 0 aliphatic heterocycles. The minimum Gasteiger partial charge on any atom is -0.358 e. The van der Waals surface area contributed by atoms with E-state index in [2.05, 4.69) is 15.8 Å². The summed E-state index contributed by atoms with van der Waals surface area (Å²) in [6.45, 7) is 0. The Morgan fingerprint density at radius 2 is 1.79 bits per heavy atom. The second-order valence-electron chi connectivity index (χ2n) is 6.21. The largest absolute Gasteiger partial charge is 0.358 e. The molecule has 1 aliphatic carbocycles. The zero-order valence-corrected chi connectivity index (χ0v) is 14.3. The number of nitriles is 1. The van der Waals surface area contributed by atoms with E-state index >= 15 is 0 Å². The molecule has 2 N–H and O–H groups in total. The van der Waals surface area contributed by atoms with Gasteiger partial charge in [0, 0.05) is 17.4 Å². The standard InChI is InChI=1S/C18H21N3O2S/c19-13-12-15-8-11-18(20-15)14-6-9-17(10-7-14)24(22,23)21-16-4-2-1-3-5-16/h6-11,16,20-21H,1-5,12H2. The number of aromatic nitrogens is 1. The molecule has 1 aromatic carbocycles. The maximum atomic E-state index is 12.5. The van der Waals surface area contributed by atoms with E-state index in [9.17, 15) is 8.42 Å². The molecule has 0 unspecified atom stereocenters. The van der Waals surface area contributed by atoms with Crippen LogP contribution in [0.2, 0.25) is 0 Å². The van der Waals surface area contributed by atoms with Gasteiger partial charge in [-0.3, -0.25) is 0 Å². The van der Waals surface area contributed by atoms with Crippen LogP contribution in [0.15, 0.2) is 41.3 Å². The second kappa shape index (κ2) is 7.20. The van der Waals surface area contributed by atoms with Gasteiger partial charge in [-0.25, -0.2) is 13.1 Å². The molecule has 0 radical (unpaired) electrons. The van der Waals surface area contributed by atoms with Gasteiger partial charge < -0.3 is 4.98 Å². The fraction of sp³-hybridized carbons (Fsp3) is 0.389. The number of sulfonamides is 1. The third-order valence-electron chi connectivity index (χ3n) is 4.42. The van der Waals surface area contributed by atoms with Crippen LogP contribution in [-0.4, -0.2) is 19.4 Å². The zero-order chi connectivity index (χ0) is 17.0. The molecule has 0 bridgehead atoms. The Morgan fingerprint density at radius 1 is 1.08 bits per heavy atom. The minimum atomic E-state index is -3.47. The number of benzene rings is 1. The van der Waals surface area contributed by atoms with E-state index in [4.69, 9.17) is 5.26 Å². The van der Waals surface area contributed by atoms with E-state index in [0.717, 1.165) is 42.6 Å². The Morgan fingerprint density at radius 3 is 2.46 bits per heavy atom. The Bertz CT molecular complexity index is 826. The number of hydrogen-bond acceptors (Lipinski definition) is 3. The summed E-state index contributed by atoms with van der Waals surface area (Å²) in [4.78, 5) is 3.46. The molecule has 1 aliphatic rings. The average molecular weight is 343 g/mol. The van der Waals surface area contributed by atoms with Gasteiger partial charge in [-0.1, -0.05) is 31.4 Å². The van der Waals surface area contributed by atoms with E-state index in [-0.39, 0.29) is 6.04 Å². The number of nitrogens with one attached hydrogen (secondary N) is 2. The molecule has 1 heterocycles. The van der Waals surface area contributed by atoms with Crippen molar-refractivity contribution in [1.29, 1.82) is 5.26 Å². The smallest absolute Gasteiger partial charge is 0.240 e. The van der Waals surface area contributed by atoms with Gasteiger partial charge in [-0.05, 0) is 42.7 Å². The Kier molecular flexibility index (Phi) is 5.03. The van der Waals surface area contributed by atoms with Gasteiger partial charge in [0.15, 0.2) is 0 Å². The molecule has 24 heavy (non-hydrogen) atoms. The molecule has 0 saturated heterocycles. The van der Waals surface area contributed by atoms with Gasteiger partial charge >= 0.3 is 0 Å². The summed E-state index contributed by atoms with van der Waals surface area (Å²) in [5.74, 6) is 0. The van der Waals surface area contributed by atoms with E-state index in [1.54, 1.807) is 24.3 Å². The van der Waals surface area contributed by atoms with Crippen molar-refractivity contribution in [2.45, 2.75) is 49.5 Å². The van der Waals surface area contributed by atoms with Gasteiger partial charge in [0.05, 0.1) is 17.4 Å². The Balaban J connectivity index is 1.74. The monoisotopic (exact) mass is 343 g/mol. The first-order chi connectivity index (χ1) is 11.6. The zero-order valence-electron chi connectivity index (χ0n) is 13.5. The van der Waals surface area contributed by atoms with Crippen molar-refractivity contribution in [2.75, 3.05) is 0 Å². The third-order valence-corrected chi connectivity index (χ3v) is 5.95. The van der Waals surface area contributed by atoms with Gasteiger partial charge in [0.25, 0.3) is 0 Å². The van der Waals surface area contributed by atoms with Gasteiger partial charge in [0.1, 0.15) is 0 Å². The lowest BCUT2D eigenvalue weighted by molar-refractivity contribution is 0.412. The predicted octanol–water partition coefficient (Wildman–Crippen LogP) is 3.36. The maximum Gasteiger partial charge on any atom is 0.240 e.